The number of H-pyrrole nitrogens is 1. The molecular weight excluding hydrogens is 306 g/mol. The van der Waals surface area contributed by atoms with Crippen molar-refractivity contribution in [3.05, 3.63) is 35.7 Å². The van der Waals surface area contributed by atoms with Crippen LogP contribution in [-0.4, -0.2) is 38.9 Å². The summed E-state index contributed by atoms with van der Waals surface area (Å²) in [6.07, 6.45) is 0. The second-order valence-electron chi connectivity index (χ2n) is 4.68. The number of benzene rings is 1. The van der Waals surface area contributed by atoms with Crippen LogP contribution in [0.4, 0.5) is 0 Å². The highest BCUT2D eigenvalue weighted by Crippen LogP contribution is 2.17. The van der Waals surface area contributed by atoms with Crippen LogP contribution in [-0.2, 0) is 10.0 Å². The first-order chi connectivity index (χ1) is 10.4. The first-order valence-corrected chi connectivity index (χ1v) is 8.20. The Balaban J connectivity index is 1.88. The van der Waals surface area contributed by atoms with Crippen LogP contribution < -0.4 is 14.2 Å². The molecule has 2 rings (SSSR count). The molecule has 0 saturated heterocycles. The Morgan fingerprint density at radius 1 is 1.18 bits per heavy atom. The summed E-state index contributed by atoms with van der Waals surface area (Å²) < 4.78 is 37.4. The van der Waals surface area contributed by atoms with Crippen molar-refractivity contribution < 1.29 is 17.9 Å². The van der Waals surface area contributed by atoms with Gasteiger partial charge in [0.15, 0.2) is 0 Å². The average molecular weight is 325 g/mol. The van der Waals surface area contributed by atoms with E-state index in [-0.39, 0.29) is 18.0 Å². The molecule has 2 aromatic rings. The standard InChI is InChI=1S/C14H19N3O4S/c1-10-14(11(2)17-16-10)22(18,19)15-8-9-21-13-6-4-12(20-3)5-7-13/h4-7,15H,8-9H2,1-3H3,(H,16,17). The van der Waals surface area contributed by atoms with Crippen LogP contribution in [0.15, 0.2) is 29.2 Å². The molecule has 0 saturated carbocycles. The summed E-state index contributed by atoms with van der Waals surface area (Å²) in [7, 11) is -2.00. The Labute approximate surface area is 129 Å². The number of hydrogen-bond acceptors (Lipinski definition) is 5. The monoisotopic (exact) mass is 325 g/mol. The van der Waals surface area contributed by atoms with Gasteiger partial charge in [0.25, 0.3) is 0 Å². The predicted molar refractivity (Wildman–Crippen MR) is 81.7 cm³/mol. The first kappa shape index (κ1) is 16.3. The summed E-state index contributed by atoms with van der Waals surface area (Å²) in [5.41, 5.74) is 0.960. The first-order valence-electron chi connectivity index (χ1n) is 6.72. The predicted octanol–water partition coefficient (Wildman–Crippen LogP) is 1.39. The summed E-state index contributed by atoms with van der Waals surface area (Å²) in [5, 5.41) is 6.55. The number of aryl methyl sites for hydroxylation is 2. The maximum Gasteiger partial charge on any atom is 0.244 e. The summed E-state index contributed by atoms with van der Waals surface area (Å²) in [6, 6.07) is 7.07. The van der Waals surface area contributed by atoms with E-state index >= 15 is 0 Å². The largest absolute Gasteiger partial charge is 0.497 e. The highest BCUT2D eigenvalue weighted by molar-refractivity contribution is 7.89. The van der Waals surface area contributed by atoms with Crippen LogP contribution >= 0.6 is 0 Å². The molecule has 0 aliphatic carbocycles. The Hall–Kier alpha value is -2.06. The topological polar surface area (TPSA) is 93.3 Å². The highest BCUT2D eigenvalue weighted by Gasteiger charge is 2.21. The van der Waals surface area contributed by atoms with E-state index in [1.807, 2.05) is 0 Å². The van der Waals surface area contributed by atoms with Crippen molar-refractivity contribution in [3.8, 4) is 11.5 Å². The fourth-order valence-corrected chi connectivity index (χ4v) is 3.41. The van der Waals surface area contributed by atoms with Crippen molar-refractivity contribution >= 4 is 10.0 Å². The minimum absolute atomic E-state index is 0.165. The Kier molecular flexibility index (Phi) is 5.04. The molecule has 2 N–H and O–H groups in total. The van der Waals surface area contributed by atoms with Crippen molar-refractivity contribution in [2.75, 3.05) is 20.3 Å². The van der Waals surface area contributed by atoms with Crippen LogP contribution in [0.5, 0.6) is 11.5 Å². The average Bonchev–Trinajstić information content (AvgIpc) is 2.84. The number of ether oxygens (including phenoxy) is 2. The number of nitrogens with one attached hydrogen (secondary N) is 2. The lowest BCUT2D eigenvalue weighted by atomic mass is 10.3. The highest BCUT2D eigenvalue weighted by atomic mass is 32.2. The van der Waals surface area contributed by atoms with Crippen LogP contribution in [0.3, 0.4) is 0 Å². The van der Waals surface area contributed by atoms with E-state index in [2.05, 4.69) is 14.9 Å². The van der Waals surface area contributed by atoms with Gasteiger partial charge < -0.3 is 9.47 Å². The van der Waals surface area contributed by atoms with Crippen molar-refractivity contribution in [1.82, 2.24) is 14.9 Å². The van der Waals surface area contributed by atoms with Crippen molar-refractivity contribution in [2.45, 2.75) is 18.7 Å². The zero-order chi connectivity index (χ0) is 16.2. The summed E-state index contributed by atoms with van der Waals surface area (Å²) in [6.45, 7) is 3.70. The Morgan fingerprint density at radius 3 is 2.36 bits per heavy atom. The molecule has 0 amide bonds. The molecule has 8 heteroatoms. The molecule has 1 aromatic heterocycles. The molecule has 0 aliphatic rings. The van der Waals surface area contributed by atoms with Crippen LogP contribution in [0.25, 0.3) is 0 Å². The molecule has 22 heavy (non-hydrogen) atoms. The van der Waals surface area contributed by atoms with Crippen LogP contribution in [0.2, 0.25) is 0 Å². The molecular formula is C14H19N3O4S. The summed E-state index contributed by atoms with van der Waals surface area (Å²) in [4.78, 5) is 0.192. The van der Waals surface area contributed by atoms with Crippen molar-refractivity contribution in [1.29, 1.82) is 0 Å². The Bertz CT molecular complexity index is 704. The second kappa shape index (κ2) is 6.80. The number of sulfonamides is 1. The molecule has 1 aromatic carbocycles. The minimum atomic E-state index is -3.59. The zero-order valence-corrected chi connectivity index (χ0v) is 13.5. The van der Waals surface area contributed by atoms with E-state index in [4.69, 9.17) is 9.47 Å². The lowest BCUT2D eigenvalue weighted by Gasteiger charge is -2.09. The third kappa shape index (κ3) is 3.77. The molecule has 0 fully saturated rings. The van der Waals surface area contributed by atoms with E-state index in [1.165, 1.54) is 0 Å². The van der Waals surface area contributed by atoms with E-state index < -0.39 is 10.0 Å². The van der Waals surface area contributed by atoms with Crippen LogP contribution in [0.1, 0.15) is 11.4 Å². The van der Waals surface area contributed by atoms with Gasteiger partial charge in [0.1, 0.15) is 23.0 Å². The van der Waals surface area contributed by atoms with Gasteiger partial charge in [-0.25, -0.2) is 13.1 Å². The Morgan fingerprint density at radius 2 is 1.82 bits per heavy atom. The summed E-state index contributed by atoms with van der Waals surface area (Å²) >= 11 is 0. The van der Waals surface area contributed by atoms with Crippen molar-refractivity contribution in [3.63, 3.8) is 0 Å². The molecule has 1 heterocycles. The van der Waals surface area contributed by atoms with Gasteiger partial charge in [0.05, 0.1) is 18.5 Å². The van der Waals surface area contributed by atoms with Crippen molar-refractivity contribution in [2.24, 2.45) is 0 Å². The number of aromatic amines is 1. The number of methoxy groups -OCH3 is 1. The molecule has 7 nitrogen and oxygen atoms in total. The van der Waals surface area contributed by atoms with E-state index in [9.17, 15) is 8.42 Å². The summed E-state index contributed by atoms with van der Waals surface area (Å²) in [5.74, 6) is 1.38. The number of aromatic nitrogens is 2. The zero-order valence-electron chi connectivity index (χ0n) is 12.7. The third-order valence-corrected chi connectivity index (χ3v) is 4.77. The van der Waals surface area contributed by atoms with Gasteiger partial charge in [0, 0.05) is 6.54 Å². The lowest BCUT2D eigenvalue weighted by molar-refractivity contribution is 0.322. The van der Waals surface area contributed by atoms with Gasteiger partial charge in [-0.05, 0) is 38.1 Å². The van der Waals surface area contributed by atoms with Gasteiger partial charge >= 0.3 is 0 Å². The number of nitrogens with zero attached hydrogens (tertiary/aromatic N) is 1. The fraction of sp³-hybridized carbons (Fsp3) is 0.357. The van der Waals surface area contributed by atoms with E-state index in [0.717, 1.165) is 5.75 Å². The fourth-order valence-electron chi connectivity index (χ4n) is 2.03. The minimum Gasteiger partial charge on any atom is -0.497 e. The van der Waals surface area contributed by atoms with Gasteiger partial charge in [0.2, 0.25) is 10.0 Å². The van der Waals surface area contributed by atoms with Gasteiger partial charge in [-0.2, -0.15) is 5.10 Å². The smallest absolute Gasteiger partial charge is 0.244 e. The SMILES string of the molecule is COc1ccc(OCCNS(=O)(=O)c2c(C)n[nH]c2C)cc1. The third-order valence-electron chi connectivity index (χ3n) is 3.05. The van der Waals surface area contributed by atoms with E-state index in [1.54, 1.807) is 45.2 Å². The van der Waals surface area contributed by atoms with Gasteiger partial charge in [-0.1, -0.05) is 0 Å². The lowest BCUT2D eigenvalue weighted by Crippen LogP contribution is -2.29. The molecule has 0 radical (unpaired) electrons. The van der Waals surface area contributed by atoms with Crippen LogP contribution in [0, 0.1) is 13.8 Å². The molecule has 0 spiro atoms. The van der Waals surface area contributed by atoms with Gasteiger partial charge in [-0.3, -0.25) is 5.10 Å². The molecule has 0 atom stereocenters. The molecule has 120 valence electrons. The molecule has 0 aliphatic heterocycles. The molecule has 0 bridgehead atoms. The maximum absolute atomic E-state index is 12.2. The number of hydrogen-bond donors (Lipinski definition) is 2. The maximum atomic E-state index is 12.2. The molecule has 0 unspecified atom stereocenters. The normalized spacial score (nSPS) is 11.4. The van der Waals surface area contributed by atoms with Gasteiger partial charge in [-0.15, -0.1) is 0 Å². The van der Waals surface area contributed by atoms with E-state index in [0.29, 0.717) is 17.1 Å². The number of rotatable bonds is 7. The quantitative estimate of drug-likeness (QED) is 0.750. The second-order valence-corrected chi connectivity index (χ2v) is 6.39.